The van der Waals surface area contributed by atoms with Crippen molar-refractivity contribution in [1.29, 1.82) is 0 Å². The predicted molar refractivity (Wildman–Crippen MR) is 117 cm³/mol. The van der Waals surface area contributed by atoms with Crippen molar-refractivity contribution < 1.29 is 23.8 Å². The number of hydrogen-bond donors (Lipinski definition) is 2. The Balaban J connectivity index is 1.70. The van der Waals surface area contributed by atoms with Gasteiger partial charge < -0.3 is 19.6 Å². The normalized spacial score (nSPS) is 11.9. The summed E-state index contributed by atoms with van der Waals surface area (Å²) in [7, 11) is 0. The van der Waals surface area contributed by atoms with Crippen LogP contribution in [-0.2, 0) is 16.0 Å². The van der Waals surface area contributed by atoms with Crippen molar-refractivity contribution in [2.24, 2.45) is 0 Å². The molecule has 0 bridgehead atoms. The van der Waals surface area contributed by atoms with Gasteiger partial charge in [-0.05, 0) is 56.2 Å². The van der Waals surface area contributed by atoms with Crippen molar-refractivity contribution in [2.45, 2.75) is 33.2 Å². The van der Waals surface area contributed by atoms with Gasteiger partial charge in [0.15, 0.2) is 6.61 Å². The molecule has 1 aromatic heterocycles. The fourth-order valence-corrected chi connectivity index (χ4v) is 3.34. The summed E-state index contributed by atoms with van der Waals surface area (Å²) in [5.41, 5.74) is 2.66. The zero-order valence-corrected chi connectivity index (χ0v) is 18.1. The van der Waals surface area contributed by atoms with Crippen LogP contribution in [0.4, 0.5) is 0 Å². The molecule has 0 radical (unpaired) electrons. The number of aliphatic carboxylic acids is 1. The molecule has 0 spiro atoms. The number of halogens is 1. The lowest BCUT2D eigenvalue weighted by Crippen LogP contribution is -2.44. The number of fused-ring (bicyclic) bond motifs is 1. The molecule has 0 saturated carbocycles. The van der Waals surface area contributed by atoms with E-state index in [0.717, 1.165) is 16.5 Å². The lowest BCUT2D eigenvalue weighted by molar-refractivity contribution is -0.142. The van der Waals surface area contributed by atoms with Gasteiger partial charge in [-0.1, -0.05) is 23.7 Å². The van der Waals surface area contributed by atoms with Gasteiger partial charge in [-0.15, -0.1) is 0 Å². The van der Waals surface area contributed by atoms with Crippen LogP contribution >= 0.6 is 11.6 Å². The molecule has 0 aliphatic carbocycles. The van der Waals surface area contributed by atoms with Crippen molar-refractivity contribution in [1.82, 2.24) is 5.32 Å². The second-order valence-electron chi connectivity index (χ2n) is 7.28. The molecule has 1 atom stereocenters. The number of rotatable bonds is 7. The summed E-state index contributed by atoms with van der Waals surface area (Å²) in [5.74, 6) is -1.36. The van der Waals surface area contributed by atoms with E-state index >= 15 is 0 Å². The second-order valence-corrected chi connectivity index (χ2v) is 7.72. The fourth-order valence-electron chi connectivity index (χ4n) is 3.22. The van der Waals surface area contributed by atoms with Gasteiger partial charge in [0.25, 0.3) is 5.91 Å². The molecule has 0 aliphatic heterocycles. The summed E-state index contributed by atoms with van der Waals surface area (Å²) in [6.45, 7) is 4.89. The van der Waals surface area contributed by atoms with Gasteiger partial charge in [0.05, 0.1) is 0 Å². The quantitative estimate of drug-likeness (QED) is 0.541. The molecule has 0 fully saturated rings. The van der Waals surface area contributed by atoms with Gasteiger partial charge in [0.2, 0.25) is 0 Å². The third-order valence-corrected chi connectivity index (χ3v) is 5.42. The lowest BCUT2D eigenvalue weighted by Gasteiger charge is -2.16. The second kappa shape index (κ2) is 9.22. The van der Waals surface area contributed by atoms with E-state index < -0.39 is 23.5 Å². The summed E-state index contributed by atoms with van der Waals surface area (Å²) in [5, 5.41) is 13.2. The van der Waals surface area contributed by atoms with Crippen LogP contribution in [0.2, 0.25) is 5.02 Å². The Bertz CT molecular complexity index is 1200. The highest BCUT2D eigenvalue weighted by Crippen LogP contribution is 2.29. The molecular formula is C23H22ClNO6. The molecule has 3 rings (SSSR count). The largest absolute Gasteiger partial charge is 0.483 e. The van der Waals surface area contributed by atoms with Gasteiger partial charge >= 0.3 is 11.6 Å². The maximum Gasteiger partial charge on any atom is 0.339 e. The molecule has 2 aromatic carbocycles. The van der Waals surface area contributed by atoms with E-state index in [1.807, 2.05) is 6.92 Å². The van der Waals surface area contributed by atoms with Crippen molar-refractivity contribution in [2.75, 3.05) is 6.61 Å². The molecular weight excluding hydrogens is 422 g/mol. The molecule has 3 aromatic rings. The van der Waals surface area contributed by atoms with E-state index in [-0.39, 0.29) is 13.0 Å². The summed E-state index contributed by atoms with van der Waals surface area (Å²) in [6.07, 6.45) is 0.108. The van der Waals surface area contributed by atoms with Crippen molar-refractivity contribution in [3.63, 3.8) is 0 Å². The molecule has 7 nitrogen and oxygen atoms in total. The Hall–Kier alpha value is -3.32. The van der Waals surface area contributed by atoms with Crippen LogP contribution in [0.1, 0.15) is 22.3 Å². The van der Waals surface area contributed by atoms with E-state index in [1.165, 1.54) is 0 Å². The smallest absolute Gasteiger partial charge is 0.339 e. The summed E-state index contributed by atoms with van der Waals surface area (Å²) >= 11 is 5.84. The van der Waals surface area contributed by atoms with Gasteiger partial charge in [-0.25, -0.2) is 9.59 Å². The van der Waals surface area contributed by atoms with E-state index in [2.05, 4.69) is 5.32 Å². The first-order chi connectivity index (χ1) is 14.7. The predicted octanol–water partition coefficient (Wildman–Crippen LogP) is 3.56. The maximum atomic E-state index is 12.3. The minimum atomic E-state index is -1.15. The highest BCUT2D eigenvalue weighted by molar-refractivity contribution is 6.30. The molecule has 31 heavy (non-hydrogen) atoms. The van der Waals surface area contributed by atoms with Crippen LogP contribution in [0.25, 0.3) is 11.0 Å². The highest BCUT2D eigenvalue weighted by atomic mass is 35.5. The van der Waals surface area contributed by atoms with Crippen molar-refractivity contribution in [3.05, 3.63) is 74.1 Å². The molecule has 0 unspecified atom stereocenters. The maximum absolute atomic E-state index is 12.3. The molecule has 0 saturated heterocycles. The number of carbonyl (C=O) groups excluding carboxylic acids is 1. The molecule has 8 heteroatoms. The van der Waals surface area contributed by atoms with Gasteiger partial charge in [-0.3, -0.25) is 4.79 Å². The van der Waals surface area contributed by atoms with E-state index in [4.69, 9.17) is 20.8 Å². The number of amides is 1. The molecule has 2 N–H and O–H groups in total. The Morgan fingerprint density at radius 1 is 1.06 bits per heavy atom. The third kappa shape index (κ3) is 5.06. The van der Waals surface area contributed by atoms with Crippen LogP contribution in [0.5, 0.6) is 5.75 Å². The fraction of sp³-hybridized carbons (Fsp3) is 0.261. The zero-order chi connectivity index (χ0) is 22.7. The Morgan fingerprint density at radius 2 is 1.74 bits per heavy atom. The molecule has 1 heterocycles. The SMILES string of the molecule is Cc1c(C)c2ccc(OCC(=O)N[C@@H](Cc3ccc(Cl)cc3)C(=O)O)c(C)c2oc1=O. The zero-order valence-electron chi connectivity index (χ0n) is 17.3. The minimum Gasteiger partial charge on any atom is -0.483 e. The van der Waals surface area contributed by atoms with Gasteiger partial charge in [0.1, 0.15) is 17.4 Å². The van der Waals surface area contributed by atoms with Crippen LogP contribution in [-0.4, -0.2) is 29.6 Å². The van der Waals surface area contributed by atoms with E-state index in [9.17, 15) is 19.5 Å². The number of benzene rings is 2. The Labute approximate surface area is 183 Å². The highest BCUT2D eigenvalue weighted by Gasteiger charge is 2.21. The number of carboxylic acids is 1. The average molecular weight is 444 g/mol. The van der Waals surface area contributed by atoms with Crippen LogP contribution in [0.3, 0.4) is 0 Å². The van der Waals surface area contributed by atoms with E-state index in [0.29, 0.717) is 27.5 Å². The first-order valence-electron chi connectivity index (χ1n) is 9.60. The lowest BCUT2D eigenvalue weighted by atomic mass is 10.0. The van der Waals surface area contributed by atoms with Crippen molar-refractivity contribution >= 4 is 34.4 Å². The summed E-state index contributed by atoms with van der Waals surface area (Å²) in [6, 6.07) is 9.07. The summed E-state index contributed by atoms with van der Waals surface area (Å²) < 4.78 is 11.0. The number of aryl methyl sites for hydroxylation is 2. The van der Waals surface area contributed by atoms with Crippen LogP contribution in [0.15, 0.2) is 45.6 Å². The average Bonchev–Trinajstić information content (AvgIpc) is 2.73. The Morgan fingerprint density at radius 3 is 2.39 bits per heavy atom. The molecule has 162 valence electrons. The standard InChI is InChI=1S/C23H22ClNO6/c1-12-13(2)23(29)31-21-14(3)19(9-8-17(12)21)30-11-20(26)25-18(22(27)28)10-15-4-6-16(24)7-5-15/h4-9,18H,10-11H2,1-3H3,(H,25,26)(H,27,28)/t18-/m0/s1. The number of carboxylic acid groups (broad SMARTS) is 1. The van der Waals surface area contributed by atoms with Gasteiger partial charge in [-0.2, -0.15) is 0 Å². The molecule has 1 amide bonds. The van der Waals surface area contributed by atoms with Crippen molar-refractivity contribution in [3.8, 4) is 5.75 Å². The summed E-state index contributed by atoms with van der Waals surface area (Å²) in [4.78, 5) is 35.9. The van der Waals surface area contributed by atoms with Crippen LogP contribution < -0.4 is 15.7 Å². The van der Waals surface area contributed by atoms with Gasteiger partial charge in [0, 0.05) is 28.0 Å². The third-order valence-electron chi connectivity index (χ3n) is 5.17. The first-order valence-corrected chi connectivity index (χ1v) is 9.98. The topological polar surface area (TPSA) is 106 Å². The van der Waals surface area contributed by atoms with Crippen LogP contribution in [0, 0.1) is 20.8 Å². The first kappa shape index (κ1) is 22.4. The number of carbonyl (C=O) groups is 2. The number of nitrogens with one attached hydrogen (secondary N) is 1. The van der Waals surface area contributed by atoms with E-state index in [1.54, 1.807) is 50.2 Å². The minimum absolute atomic E-state index is 0.108. The monoisotopic (exact) mass is 443 g/mol. The number of hydrogen-bond acceptors (Lipinski definition) is 5. The Kier molecular flexibility index (Phi) is 6.65. The number of ether oxygens (including phenoxy) is 1. The molecule has 0 aliphatic rings.